The lowest BCUT2D eigenvalue weighted by Crippen LogP contribution is -2.37. The molecular formula is C20H40N2. The summed E-state index contributed by atoms with van der Waals surface area (Å²) in [4.78, 5) is 2.90. The number of hydrogen-bond acceptors (Lipinski definition) is 2. The van der Waals surface area contributed by atoms with Crippen LogP contribution in [0.15, 0.2) is 0 Å². The first-order valence-corrected chi connectivity index (χ1v) is 10.4. The van der Waals surface area contributed by atoms with E-state index in [0.717, 1.165) is 6.04 Å². The second kappa shape index (κ2) is 12.4. The summed E-state index contributed by atoms with van der Waals surface area (Å²) in [5.41, 5.74) is 0. The third kappa shape index (κ3) is 7.97. The average Bonchev–Trinajstić information content (AvgIpc) is 2.53. The lowest BCUT2D eigenvalue weighted by Gasteiger charge is -2.33. The topological polar surface area (TPSA) is 15.3 Å². The maximum absolute atomic E-state index is 3.59. The summed E-state index contributed by atoms with van der Waals surface area (Å²) in [5.74, 6) is 0. The fraction of sp³-hybridized carbons (Fsp3) is 1.00. The van der Waals surface area contributed by atoms with Crippen LogP contribution in [0.5, 0.6) is 0 Å². The SMILES string of the molecule is C1CCCCC(N2CCCCCNCCCCC2)CCCC1. The summed E-state index contributed by atoms with van der Waals surface area (Å²) in [5, 5.41) is 3.59. The zero-order chi connectivity index (χ0) is 15.3. The monoisotopic (exact) mass is 308 g/mol. The largest absolute Gasteiger partial charge is 0.317 e. The maximum atomic E-state index is 3.59. The van der Waals surface area contributed by atoms with Crippen LogP contribution in [0, 0.1) is 0 Å². The Bertz CT molecular complexity index is 232. The molecule has 1 aliphatic carbocycles. The first-order chi connectivity index (χ1) is 11.0. The molecular weight excluding hydrogens is 268 g/mol. The Morgan fingerprint density at radius 2 is 0.955 bits per heavy atom. The van der Waals surface area contributed by atoms with Gasteiger partial charge in [0, 0.05) is 6.04 Å². The van der Waals surface area contributed by atoms with Crippen molar-refractivity contribution in [2.24, 2.45) is 0 Å². The van der Waals surface area contributed by atoms with Gasteiger partial charge in [-0.15, -0.1) is 0 Å². The van der Waals surface area contributed by atoms with Gasteiger partial charge in [0.05, 0.1) is 0 Å². The molecule has 0 aromatic rings. The Morgan fingerprint density at radius 3 is 1.50 bits per heavy atom. The molecule has 1 N–H and O–H groups in total. The molecule has 0 aromatic carbocycles. The van der Waals surface area contributed by atoms with Crippen molar-refractivity contribution in [1.29, 1.82) is 0 Å². The van der Waals surface area contributed by atoms with Gasteiger partial charge in [-0.3, -0.25) is 0 Å². The molecule has 0 aromatic heterocycles. The van der Waals surface area contributed by atoms with Gasteiger partial charge in [-0.05, 0) is 64.7 Å². The molecule has 0 amide bonds. The Balaban J connectivity index is 1.81. The summed E-state index contributed by atoms with van der Waals surface area (Å²) in [6.07, 6.45) is 21.7. The molecule has 1 aliphatic heterocycles. The van der Waals surface area contributed by atoms with Gasteiger partial charge < -0.3 is 10.2 Å². The molecule has 2 heteroatoms. The molecule has 0 bridgehead atoms. The number of rotatable bonds is 1. The maximum Gasteiger partial charge on any atom is 0.00952 e. The van der Waals surface area contributed by atoms with Crippen LogP contribution < -0.4 is 5.32 Å². The summed E-state index contributed by atoms with van der Waals surface area (Å²) in [6, 6.07) is 0.902. The first-order valence-electron chi connectivity index (χ1n) is 10.4. The van der Waals surface area contributed by atoms with Crippen molar-refractivity contribution in [3.8, 4) is 0 Å². The van der Waals surface area contributed by atoms with E-state index in [1.54, 1.807) is 0 Å². The van der Waals surface area contributed by atoms with Gasteiger partial charge in [0.15, 0.2) is 0 Å². The van der Waals surface area contributed by atoms with E-state index in [2.05, 4.69) is 10.2 Å². The Morgan fingerprint density at radius 1 is 0.500 bits per heavy atom. The van der Waals surface area contributed by atoms with E-state index in [1.165, 1.54) is 122 Å². The smallest absolute Gasteiger partial charge is 0.00952 e. The fourth-order valence-electron chi connectivity index (χ4n) is 4.24. The summed E-state index contributed by atoms with van der Waals surface area (Å²) in [6.45, 7) is 5.21. The predicted molar refractivity (Wildman–Crippen MR) is 97.5 cm³/mol. The highest BCUT2D eigenvalue weighted by atomic mass is 15.1. The minimum Gasteiger partial charge on any atom is -0.317 e. The zero-order valence-electron chi connectivity index (χ0n) is 15.0. The molecule has 0 unspecified atom stereocenters. The van der Waals surface area contributed by atoms with Crippen LogP contribution in [-0.2, 0) is 0 Å². The van der Waals surface area contributed by atoms with Crippen molar-refractivity contribution >= 4 is 0 Å². The molecule has 0 atom stereocenters. The van der Waals surface area contributed by atoms with Crippen LogP contribution in [0.2, 0.25) is 0 Å². The molecule has 2 rings (SSSR count). The highest BCUT2D eigenvalue weighted by Gasteiger charge is 2.18. The Labute approximate surface area is 139 Å². The van der Waals surface area contributed by atoms with Crippen LogP contribution in [0.1, 0.15) is 96.3 Å². The van der Waals surface area contributed by atoms with Crippen LogP contribution >= 0.6 is 0 Å². The molecule has 0 spiro atoms. The van der Waals surface area contributed by atoms with Crippen molar-refractivity contribution in [3.05, 3.63) is 0 Å². The molecule has 2 nitrogen and oxygen atoms in total. The van der Waals surface area contributed by atoms with Crippen molar-refractivity contribution < 1.29 is 0 Å². The van der Waals surface area contributed by atoms with Gasteiger partial charge in [-0.2, -0.15) is 0 Å². The van der Waals surface area contributed by atoms with Crippen molar-refractivity contribution in [3.63, 3.8) is 0 Å². The second-order valence-corrected chi connectivity index (χ2v) is 7.61. The van der Waals surface area contributed by atoms with Crippen molar-refractivity contribution in [1.82, 2.24) is 10.2 Å². The van der Waals surface area contributed by atoms with E-state index in [9.17, 15) is 0 Å². The van der Waals surface area contributed by atoms with Crippen LogP contribution in [0.25, 0.3) is 0 Å². The van der Waals surface area contributed by atoms with E-state index >= 15 is 0 Å². The van der Waals surface area contributed by atoms with Gasteiger partial charge in [-0.1, -0.05) is 57.8 Å². The Kier molecular flexibility index (Phi) is 10.3. The van der Waals surface area contributed by atoms with E-state index in [0.29, 0.717) is 0 Å². The fourth-order valence-corrected chi connectivity index (χ4v) is 4.24. The number of nitrogens with one attached hydrogen (secondary N) is 1. The van der Waals surface area contributed by atoms with E-state index < -0.39 is 0 Å². The minimum absolute atomic E-state index is 0.902. The van der Waals surface area contributed by atoms with Crippen molar-refractivity contribution in [2.45, 2.75) is 102 Å². The lowest BCUT2D eigenvalue weighted by atomic mass is 9.96. The standard InChI is InChI=1S/C20H40N2/c1-2-4-8-14-20(15-9-5-3-1)22-18-12-6-10-16-21-17-11-7-13-19-22/h20-21H,1-19H2. The number of hydrogen-bond donors (Lipinski definition) is 1. The van der Waals surface area contributed by atoms with E-state index in [1.807, 2.05) is 0 Å². The average molecular weight is 309 g/mol. The lowest BCUT2D eigenvalue weighted by molar-refractivity contribution is 0.161. The third-order valence-corrected chi connectivity index (χ3v) is 5.69. The van der Waals surface area contributed by atoms with Crippen LogP contribution in [0.3, 0.4) is 0 Å². The van der Waals surface area contributed by atoms with E-state index in [4.69, 9.17) is 0 Å². The predicted octanol–water partition coefficient (Wildman–Crippen LogP) is 5.13. The van der Waals surface area contributed by atoms with Gasteiger partial charge >= 0.3 is 0 Å². The van der Waals surface area contributed by atoms with Crippen molar-refractivity contribution in [2.75, 3.05) is 26.2 Å². The highest BCUT2D eigenvalue weighted by molar-refractivity contribution is 4.74. The zero-order valence-corrected chi connectivity index (χ0v) is 15.0. The molecule has 130 valence electrons. The molecule has 0 radical (unpaired) electrons. The van der Waals surface area contributed by atoms with Crippen LogP contribution in [-0.4, -0.2) is 37.1 Å². The molecule has 2 aliphatic rings. The quantitative estimate of drug-likeness (QED) is 0.723. The molecule has 1 saturated carbocycles. The molecule has 1 heterocycles. The second-order valence-electron chi connectivity index (χ2n) is 7.61. The normalized spacial score (nSPS) is 26.7. The van der Waals surface area contributed by atoms with E-state index in [-0.39, 0.29) is 0 Å². The summed E-state index contributed by atoms with van der Waals surface area (Å²) in [7, 11) is 0. The first kappa shape index (κ1) is 18.3. The minimum atomic E-state index is 0.902. The number of nitrogens with zero attached hydrogens (tertiary/aromatic N) is 1. The van der Waals surface area contributed by atoms with Gasteiger partial charge in [0.2, 0.25) is 0 Å². The molecule has 22 heavy (non-hydrogen) atoms. The Hall–Kier alpha value is -0.0800. The van der Waals surface area contributed by atoms with Gasteiger partial charge in [0.1, 0.15) is 0 Å². The highest BCUT2D eigenvalue weighted by Crippen LogP contribution is 2.22. The third-order valence-electron chi connectivity index (χ3n) is 5.69. The van der Waals surface area contributed by atoms with Gasteiger partial charge in [-0.25, -0.2) is 0 Å². The van der Waals surface area contributed by atoms with Gasteiger partial charge in [0.25, 0.3) is 0 Å². The summed E-state index contributed by atoms with van der Waals surface area (Å²) >= 11 is 0. The van der Waals surface area contributed by atoms with Crippen LogP contribution in [0.4, 0.5) is 0 Å². The molecule has 2 fully saturated rings. The molecule has 1 saturated heterocycles. The summed E-state index contributed by atoms with van der Waals surface area (Å²) < 4.78 is 0.